The van der Waals surface area contributed by atoms with Gasteiger partial charge in [-0.3, -0.25) is 0 Å². The molecule has 1 aromatic carbocycles. The number of hydrogen-bond donors (Lipinski definition) is 2. The predicted octanol–water partition coefficient (Wildman–Crippen LogP) is 2.20. The predicted molar refractivity (Wildman–Crippen MR) is 50.2 cm³/mol. The summed E-state index contributed by atoms with van der Waals surface area (Å²) in [5.74, 6) is -0.404. The van der Waals surface area contributed by atoms with Crippen molar-refractivity contribution in [2.75, 3.05) is 6.54 Å². The molecule has 0 aliphatic carbocycles. The lowest BCUT2D eigenvalue weighted by atomic mass is 10.1. The highest BCUT2D eigenvalue weighted by Gasteiger charge is 2.08. The number of halogens is 1. The fourth-order valence-electron chi connectivity index (χ4n) is 1.30. The van der Waals surface area contributed by atoms with Gasteiger partial charge in [0.05, 0.1) is 0 Å². The molecule has 72 valence electrons. The van der Waals surface area contributed by atoms with Gasteiger partial charge < -0.3 is 10.4 Å². The van der Waals surface area contributed by atoms with E-state index in [1.54, 1.807) is 6.07 Å². The molecule has 0 bridgehead atoms. The maximum absolute atomic E-state index is 12.6. The first kappa shape index (κ1) is 9.99. The van der Waals surface area contributed by atoms with E-state index in [2.05, 4.69) is 5.32 Å². The molecule has 0 spiro atoms. The Hall–Kier alpha value is -1.09. The summed E-state index contributed by atoms with van der Waals surface area (Å²) in [6, 6.07) is 4.12. The lowest BCUT2D eigenvalue weighted by Gasteiger charge is -2.13. The Balaban J connectivity index is 2.88. The zero-order valence-electron chi connectivity index (χ0n) is 7.84. The van der Waals surface area contributed by atoms with Crippen molar-refractivity contribution in [3.8, 4) is 5.75 Å². The van der Waals surface area contributed by atoms with Crippen LogP contribution in [0.5, 0.6) is 5.75 Å². The Morgan fingerprint density at radius 1 is 1.54 bits per heavy atom. The number of rotatable bonds is 3. The Bertz CT molecular complexity index is 288. The van der Waals surface area contributed by atoms with Crippen molar-refractivity contribution < 1.29 is 9.50 Å². The third-order valence-corrected chi connectivity index (χ3v) is 1.97. The number of benzene rings is 1. The molecule has 1 aromatic rings. The van der Waals surface area contributed by atoms with Crippen LogP contribution in [0.3, 0.4) is 0 Å². The normalized spacial score (nSPS) is 12.8. The van der Waals surface area contributed by atoms with Crippen molar-refractivity contribution in [2.24, 2.45) is 0 Å². The lowest BCUT2D eigenvalue weighted by molar-refractivity contribution is 0.449. The second-order valence-electron chi connectivity index (χ2n) is 2.98. The topological polar surface area (TPSA) is 32.3 Å². The van der Waals surface area contributed by atoms with Crippen LogP contribution in [0.25, 0.3) is 0 Å². The molecule has 2 nitrogen and oxygen atoms in total. The summed E-state index contributed by atoms with van der Waals surface area (Å²) in [7, 11) is 0. The number of nitrogens with one attached hydrogen (secondary N) is 1. The van der Waals surface area contributed by atoms with Crippen LogP contribution < -0.4 is 5.32 Å². The average molecular weight is 183 g/mol. The summed E-state index contributed by atoms with van der Waals surface area (Å²) >= 11 is 0. The van der Waals surface area contributed by atoms with Gasteiger partial charge in [0, 0.05) is 17.7 Å². The molecule has 13 heavy (non-hydrogen) atoms. The summed E-state index contributed by atoms with van der Waals surface area (Å²) in [5, 5.41) is 12.5. The number of hydrogen-bond acceptors (Lipinski definition) is 2. The molecule has 0 saturated carbocycles. The summed E-state index contributed by atoms with van der Waals surface area (Å²) < 4.78 is 12.6. The molecular formula is C10H14FNO. The van der Waals surface area contributed by atoms with Crippen LogP contribution >= 0.6 is 0 Å². The van der Waals surface area contributed by atoms with Gasteiger partial charge in [-0.15, -0.1) is 0 Å². The van der Waals surface area contributed by atoms with Crippen molar-refractivity contribution >= 4 is 0 Å². The summed E-state index contributed by atoms with van der Waals surface area (Å²) in [6.45, 7) is 4.73. The van der Waals surface area contributed by atoms with E-state index in [1.165, 1.54) is 6.07 Å². The van der Waals surface area contributed by atoms with Gasteiger partial charge in [-0.25, -0.2) is 4.39 Å². The quantitative estimate of drug-likeness (QED) is 0.753. The Morgan fingerprint density at radius 3 is 2.77 bits per heavy atom. The molecule has 0 saturated heterocycles. The highest BCUT2D eigenvalue weighted by molar-refractivity contribution is 5.34. The van der Waals surface area contributed by atoms with E-state index in [9.17, 15) is 9.50 Å². The highest BCUT2D eigenvalue weighted by atomic mass is 19.1. The molecule has 2 N–H and O–H groups in total. The molecule has 1 atom stereocenters. The molecule has 0 radical (unpaired) electrons. The van der Waals surface area contributed by atoms with Gasteiger partial charge >= 0.3 is 0 Å². The van der Waals surface area contributed by atoms with Crippen LogP contribution in [0.2, 0.25) is 0 Å². The molecule has 0 amide bonds. The Kier molecular flexibility index (Phi) is 3.25. The molecular weight excluding hydrogens is 169 g/mol. The minimum Gasteiger partial charge on any atom is -0.508 e. The minimum atomic E-state index is -0.412. The van der Waals surface area contributed by atoms with Crippen LogP contribution in [0.4, 0.5) is 4.39 Å². The number of aromatic hydroxyl groups is 1. The monoisotopic (exact) mass is 183 g/mol. The lowest BCUT2D eigenvalue weighted by Crippen LogP contribution is -2.17. The van der Waals surface area contributed by atoms with Crippen LogP contribution in [-0.2, 0) is 0 Å². The highest BCUT2D eigenvalue weighted by Crippen LogP contribution is 2.24. The number of phenolic OH excluding ortho intramolecular Hbond substituents is 1. The fraction of sp³-hybridized carbons (Fsp3) is 0.400. The van der Waals surface area contributed by atoms with Crippen molar-refractivity contribution in [3.05, 3.63) is 29.6 Å². The third-order valence-electron chi connectivity index (χ3n) is 1.97. The van der Waals surface area contributed by atoms with E-state index in [4.69, 9.17) is 0 Å². The maximum Gasteiger partial charge on any atom is 0.126 e. The molecule has 1 rings (SSSR count). The third kappa shape index (κ3) is 2.42. The minimum absolute atomic E-state index is 0.00782. The largest absolute Gasteiger partial charge is 0.508 e. The van der Waals surface area contributed by atoms with Gasteiger partial charge in [-0.1, -0.05) is 13.0 Å². The Labute approximate surface area is 77.4 Å². The summed E-state index contributed by atoms with van der Waals surface area (Å²) in [4.78, 5) is 0. The first-order chi connectivity index (χ1) is 6.15. The summed E-state index contributed by atoms with van der Waals surface area (Å²) in [6.07, 6.45) is 0. The molecule has 0 aliphatic heterocycles. The van der Waals surface area contributed by atoms with Crippen molar-refractivity contribution in [1.82, 2.24) is 5.32 Å². The average Bonchev–Trinajstić information content (AvgIpc) is 2.04. The first-order valence-electron chi connectivity index (χ1n) is 4.37. The standard InChI is InChI=1S/C10H14FNO/c1-3-12-7(2)9-5-4-8(11)6-10(9)13/h4-7,12-13H,3H2,1-2H3. The van der Waals surface area contributed by atoms with E-state index in [1.807, 2.05) is 13.8 Å². The van der Waals surface area contributed by atoms with Crippen LogP contribution in [0.15, 0.2) is 18.2 Å². The Morgan fingerprint density at radius 2 is 2.23 bits per heavy atom. The molecule has 0 aliphatic rings. The van der Waals surface area contributed by atoms with Gasteiger partial charge in [0.25, 0.3) is 0 Å². The van der Waals surface area contributed by atoms with E-state index in [-0.39, 0.29) is 11.8 Å². The molecule has 0 aromatic heterocycles. The van der Waals surface area contributed by atoms with E-state index < -0.39 is 5.82 Å². The van der Waals surface area contributed by atoms with Crippen molar-refractivity contribution in [1.29, 1.82) is 0 Å². The van der Waals surface area contributed by atoms with Crippen LogP contribution in [0, 0.1) is 5.82 Å². The van der Waals surface area contributed by atoms with E-state index >= 15 is 0 Å². The van der Waals surface area contributed by atoms with Crippen LogP contribution in [-0.4, -0.2) is 11.7 Å². The van der Waals surface area contributed by atoms with Gasteiger partial charge in [-0.05, 0) is 19.5 Å². The van der Waals surface area contributed by atoms with E-state index in [0.29, 0.717) is 0 Å². The van der Waals surface area contributed by atoms with Gasteiger partial charge in [0.15, 0.2) is 0 Å². The SMILES string of the molecule is CCNC(C)c1ccc(F)cc1O. The van der Waals surface area contributed by atoms with Crippen LogP contribution in [0.1, 0.15) is 25.5 Å². The van der Waals surface area contributed by atoms with Crippen molar-refractivity contribution in [3.63, 3.8) is 0 Å². The zero-order chi connectivity index (χ0) is 9.84. The molecule has 3 heteroatoms. The molecule has 0 fully saturated rings. The molecule has 0 heterocycles. The maximum atomic E-state index is 12.6. The van der Waals surface area contributed by atoms with Gasteiger partial charge in [0.1, 0.15) is 11.6 Å². The van der Waals surface area contributed by atoms with Gasteiger partial charge in [0.2, 0.25) is 0 Å². The van der Waals surface area contributed by atoms with E-state index in [0.717, 1.165) is 18.2 Å². The fourth-order valence-corrected chi connectivity index (χ4v) is 1.30. The van der Waals surface area contributed by atoms with Crippen molar-refractivity contribution in [2.45, 2.75) is 19.9 Å². The smallest absolute Gasteiger partial charge is 0.126 e. The second-order valence-corrected chi connectivity index (χ2v) is 2.98. The molecule has 1 unspecified atom stereocenters. The first-order valence-corrected chi connectivity index (χ1v) is 4.37. The summed E-state index contributed by atoms with van der Waals surface area (Å²) in [5.41, 5.74) is 0.725. The zero-order valence-corrected chi connectivity index (χ0v) is 7.84. The van der Waals surface area contributed by atoms with Gasteiger partial charge in [-0.2, -0.15) is 0 Å². The second kappa shape index (κ2) is 4.23. The number of phenols is 1.